The lowest BCUT2D eigenvalue weighted by molar-refractivity contribution is -0.302. The molecular weight excluding hydrogens is 863 g/mol. The smallest absolute Gasteiger partial charge is 0.220 e. The number of hydrogen-bond acceptors (Lipinski definition) is 8. The third kappa shape index (κ3) is 39.6. The number of allylic oxidation sites excluding steroid dienone is 6. The summed E-state index contributed by atoms with van der Waals surface area (Å²) in [6.07, 6.45) is 57.5. The Labute approximate surface area is 425 Å². The maximum Gasteiger partial charge on any atom is 0.220 e. The quantitative estimate of drug-likeness (QED) is 0.0261. The third-order valence-electron chi connectivity index (χ3n) is 14.2. The lowest BCUT2D eigenvalue weighted by Gasteiger charge is -2.40. The number of aliphatic hydroxyl groups is 5. The molecule has 1 aliphatic heterocycles. The molecule has 0 saturated carbocycles. The molecule has 9 heteroatoms. The van der Waals surface area contributed by atoms with Gasteiger partial charge in [-0.1, -0.05) is 262 Å². The van der Waals surface area contributed by atoms with Gasteiger partial charge in [0.2, 0.25) is 5.91 Å². The number of nitrogens with one attached hydrogen (secondary N) is 1. The van der Waals surface area contributed by atoms with Crippen LogP contribution < -0.4 is 5.32 Å². The molecule has 1 aliphatic rings. The van der Waals surface area contributed by atoms with Crippen LogP contribution in [0.4, 0.5) is 0 Å². The van der Waals surface area contributed by atoms with Crippen LogP contribution in [0.25, 0.3) is 0 Å². The molecular formula is C60H113NO8. The molecule has 0 bridgehead atoms. The van der Waals surface area contributed by atoms with Crippen molar-refractivity contribution in [1.29, 1.82) is 0 Å². The van der Waals surface area contributed by atoms with Crippen molar-refractivity contribution in [2.75, 3.05) is 13.2 Å². The molecule has 1 fully saturated rings. The fraction of sp³-hybridized carbons (Fsp3) is 0.883. The fourth-order valence-electron chi connectivity index (χ4n) is 9.52. The van der Waals surface area contributed by atoms with Crippen LogP contribution in [0.15, 0.2) is 36.5 Å². The average Bonchev–Trinajstić information content (AvgIpc) is 3.35. The molecule has 1 heterocycles. The minimum atomic E-state index is -1.56. The number of carbonyl (C=O) groups excluding carboxylic acids is 1. The van der Waals surface area contributed by atoms with Crippen LogP contribution in [-0.4, -0.2) is 87.5 Å². The highest BCUT2D eigenvalue weighted by molar-refractivity contribution is 5.76. The van der Waals surface area contributed by atoms with E-state index >= 15 is 0 Å². The van der Waals surface area contributed by atoms with Crippen LogP contribution in [0, 0.1) is 0 Å². The Bertz CT molecular complexity index is 1180. The topological polar surface area (TPSA) is 149 Å². The fourth-order valence-corrected chi connectivity index (χ4v) is 9.52. The van der Waals surface area contributed by atoms with E-state index in [4.69, 9.17) is 9.47 Å². The van der Waals surface area contributed by atoms with Crippen molar-refractivity contribution in [3.05, 3.63) is 36.5 Å². The molecule has 7 atom stereocenters. The number of amides is 1. The van der Waals surface area contributed by atoms with Gasteiger partial charge in [-0.15, -0.1) is 0 Å². The highest BCUT2D eigenvalue weighted by Gasteiger charge is 2.44. The van der Waals surface area contributed by atoms with Gasteiger partial charge < -0.3 is 40.3 Å². The van der Waals surface area contributed by atoms with Crippen LogP contribution in [0.1, 0.15) is 284 Å². The first-order chi connectivity index (χ1) is 33.8. The monoisotopic (exact) mass is 976 g/mol. The van der Waals surface area contributed by atoms with Gasteiger partial charge >= 0.3 is 0 Å². The molecule has 1 saturated heterocycles. The van der Waals surface area contributed by atoms with Gasteiger partial charge in [-0.2, -0.15) is 0 Å². The summed E-state index contributed by atoms with van der Waals surface area (Å²) in [5.41, 5.74) is 0. The van der Waals surface area contributed by atoms with Gasteiger partial charge in [0.15, 0.2) is 6.29 Å². The summed E-state index contributed by atoms with van der Waals surface area (Å²) in [7, 11) is 0. The molecule has 0 aromatic carbocycles. The lowest BCUT2D eigenvalue weighted by Crippen LogP contribution is -2.60. The zero-order valence-corrected chi connectivity index (χ0v) is 45.1. The third-order valence-corrected chi connectivity index (χ3v) is 14.2. The van der Waals surface area contributed by atoms with Gasteiger partial charge in [-0.05, 0) is 51.4 Å². The zero-order valence-electron chi connectivity index (χ0n) is 45.1. The van der Waals surface area contributed by atoms with E-state index in [1.807, 2.05) is 0 Å². The number of hydrogen-bond donors (Lipinski definition) is 6. The largest absolute Gasteiger partial charge is 0.394 e. The second kappa shape index (κ2) is 50.0. The van der Waals surface area contributed by atoms with Crippen molar-refractivity contribution in [1.82, 2.24) is 5.32 Å². The molecule has 0 spiro atoms. The standard InChI is InChI=1S/C60H113NO8/c1-3-5-7-9-11-13-15-17-19-21-23-24-25-26-27-28-29-30-32-33-35-37-39-41-43-45-47-49-54(63)53(52-68-60-59(67)58(66)57(65)55(51-62)69-60)61-56(64)50-48-46-44-42-40-38-36-34-31-22-20-18-16-14-12-10-8-6-4-2/h12,14,18,20,31,34,53-55,57-60,62-63,65-67H,3-11,13,15-17,19,21-30,32-33,35-52H2,1-2H3,(H,61,64)/b14-12-,20-18-,34-31-. The van der Waals surface area contributed by atoms with E-state index in [0.29, 0.717) is 12.8 Å². The summed E-state index contributed by atoms with van der Waals surface area (Å²) in [6, 6.07) is -0.727. The molecule has 0 aromatic rings. The van der Waals surface area contributed by atoms with Crippen LogP contribution in [-0.2, 0) is 14.3 Å². The Hall–Kier alpha value is -1.59. The Morgan fingerprint density at radius 1 is 0.493 bits per heavy atom. The number of aliphatic hydroxyl groups excluding tert-OH is 5. The van der Waals surface area contributed by atoms with Crippen LogP contribution in [0.2, 0.25) is 0 Å². The Morgan fingerprint density at radius 3 is 1.29 bits per heavy atom. The van der Waals surface area contributed by atoms with Crippen LogP contribution in [0.5, 0.6) is 0 Å². The van der Waals surface area contributed by atoms with E-state index in [2.05, 4.69) is 55.6 Å². The minimum Gasteiger partial charge on any atom is -0.394 e. The van der Waals surface area contributed by atoms with Crippen LogP contribution >= 0.6 is 0 Å². The molecule has 6 N–H and O–H groups in total. The van der Waals surface area contributed by atoms with Crippen LogP contribution in [0.3, 0.4) is 0 Å². The highest BCUT2D eigenvalue weighted by Crippen LogP contribution is 2.23. The molecule has 406 valence electrons. The van der Waals surface area contributed by atoms with E-state index in [-0.39, 0.29) is 12.5 Å². The summed E-state index contributed by atoms with van der Waals surface area (Å²) in [5, 5.41) is 54.7. The Kier molecular flexibility index (Phi) is 47.4. The zero-order chi connectivity index (χ0) is 50.1. The molecule has 0 aromatic heterocycles. The molecule has 0 radical (unpaired) electrons. The molecule has 0 aliphatic carbocycles. The predicted octanol–water partition coefficient (Wildman–Crippen LogP) is 14.7. The van der Waals surface area contributed by atoms with E-state index < -0.39 is 49.5 Å². The summed E-state index contributed by atoms with van der Waals surface area (Å²) in [5.74, 6) is -0.154. The van der Waals surface area contributed by atoms with Gasteiger partial charge in [-0.25, -0.2) is 0 Å². The molecule has 1 rings (SSSR count). The number of ether oxygens (including phenoxy) is 2. The maximum atomic E-state index is 13.1. The van der Waals surface area contributed by atoms with Gasteiger partial charge in [0.05, 0.1) is 25.4 Å². The Morgan fingerprint density at radius 2 is 0.855 bits per heavy atom. The van der Waals surface area contributed by atoms with Crippen molar-refractivity contribution in [2.45, 2.75) is 326 Å². The van der Waals surface area contributed by atoms with E-state index in [1.54, 1.807) is 0 Å². The van der Waals surface area contributed by atoms with E-state index in [0.717, 1.165) is 64.2 Å². The van der Waals surface area contributed by atoms with E-state index in [1.165, 1.54) is 193 Å². The van der Waals surface area contributed by atoms with Crippen molar-refractivity contribution < 1.29 is 39.8 Å². The number of unbranched alkanes of at least 4 members (excludes halogenated alkanes) is 35. The maximum absolute atomic E-state index is 13.1. The molecule has 69 heavy (non-hydrogen) atoms. The number of carbonyl (C=O) groups is 1. The first kappa shape index (κ1) is 65.4. The molecule has 1 amide bonds. The molecule has 9 nitrogen and oxygen atoms in total. The summed E-state index contributed by atoms with van der Waals surface area (Å²) >= 11 is 0. The van der Waals surface area contributed by atoms with Gasteiger partial charge in [0.1, 0.15) is 24.4 Å². The summed E-state index contributed by atoms with van der Waals surface area (Å²) < 4.78 is 11.3. The normalized spacial score (nSPS) is 19.7. The lowest BCUT2D eigenvalue weighted by atomic mass is 9.99. The Balaban J connectivity index is 2.19. The van der Waals surface area contributed by atoms with Gasteiger partial charge in [0.25, 0.3) is 0 Å². The van der Waals surface area contributed by atoms with E-state index in [9.17, 15) is 30.3 Å². The summed E-state index contributed by atoms with van der Waals surface area (Å²) in [4.78, 5) is 13.1. The number of rotatable bonds is 51. The van der Waals surface area contributed by atoms with Crippen molar-refractivity contribution in [2.24, 2.45) is 0 Å². The SMILES string of the molecule is CCCCC/C=C\C/C=C\C/C=C\CCCCCCCCC(=O)NC(COC1OC(CO)C(O)C(O)C1O)C(O)CCCCCCCCCCCCCCCCCCCCCCCCCCCCC. The van der Waals surface area contributed by atoms with Gasteiger partial charge in [0, 0.05) is 6.42 Å². The second-order valence-corrected chi connectivity index (χ2v) is 20.8. The van der Waals surface area contributed by atoms with Crippen molar-refractivity contribution in [3.8, 4) is 0 Å². The summed E-state index contributed by atoms with van der Waals surface area (Å²) in [6.45, 7) is 3.83. The average molecular weight is 977 g/mol. The van der Waals surface area contributed by atoms with Crippen molar-refractivity contribution in [3.63, 3.8) is 0 Å². The van der Waals surface area contributed by atoms with Crippen molar-refractivity contribution >= 4 is 5.91 Å². The molecule has 7 unspecified atom stereocenters. The second-order valence-electron chi connectivity index (χ2n) is 20.8. The van der Waals surface area contributed by atoms with Gasteiger partial charge in [-0.3, -0.25) is 4.79 Å². The predicted molar refractivity (Wildman–Crippen MR) is 290 cm³/mol. The highest BCUT2D eigenvalue weighted by atomic mass is 16.7. The minimum absolute atomic E-state index is 0.142. The first-order valence-corrected chi connectivity index (χ1v) is 29.7. The first-order valence-electron chi connectivity index (χ1n) is 29.7.